The Morgan fingerprint density at radius 3 is 2.78 bits per heavy atom. The third-order valence-electron chi connectivity index (χ3n) is 4.37. The van der Waals surface area contributed by atoms with Crippen LogP contribution in [-0.4, -0.2) is 28.2 Å². The number of carbonyl (C=O) groups is 2. The van der Waals surface area contributed by atoms with Crippen LogP contribution in [0.1, 0.15) is 25.5 Å². The molecule has 1 amide bonds. The zero-order chi connectivity index (χ0) is 22.5. The van der Waals surface area contributed by atoms with Crippen molar-refractivity contribution >= 4 is 40.1 Å². The number of amides is 1. The summed E-state index contributed by atoms with van der Waals surface area (Å²) in [5.74, 6) is 0.353. The minimum absolute atomic E-state index is 0.0303. The van der Waals surface area contributed by atoms with Crippen molar-refractivity contribution in [3.63, 3.8) is 0 Å². The number of ether oxygens (including phenoxy) is 2. The first kappa shape index (κ1) is 22.0. The normalized spacial score (nSPS) is 13.9. The largest absolute Gasteiger partial charge is 0.479 e. The van der Waals surface area contributed by atoms with Crippen molar-refractivity contribution in [3.8, 4) is 11.5 Å². The number of carbonyl (C=O) groups excluding carboxylic acids is 2. The second kappa shape index (κ2) is 9.96. The van der Waals surface area contributed by atoms with Gasteiger partial charge in [0.25, 0.3) is 0 Å². The number of rotatable bonds is 9. The first-order valence-corrected chi connectivity index (χ1v) is 11.6. The fraction of sp³-hybridized carbons (Fsp3) is 0.286. The summed E-state index contributed by atoms with van der Waals surface area (Å²) < 4.78 is 16.7. The average molecular weight is 474 g/mol. The number of esters is 1. The van der Waals surface area contributed by atoms with Crippen molar-refractivity contribution in [1.29, 1.82) is 0 Å². The Balaban J connectivity index is 1.29. The minimum atomic E-state index is -0.904. The van der Waals surface area contributed by atoms with Gasteiger partial charge in [0.15, 0.2) is 10.4 Å². The van der Waals surface area contributed by atoms with Crippen molar-refractivity contribution in [2.24, 2.45) is 5.92 Å². The number of nitrogens with one attached hydrogen (secondary N) is 1. The molecule has 0 radical (unpaired) electrons. The molecule has 0 spiro atoms. The van der Waals surface area contributed by atoms with Crippen molar-refractivity contribution < 1.29 is 23.5 Å². The average Bonchev–Trinajstić information content (AvgIpc) is 3.55. The Labute approximate surface area is 191 Å². The highest BCUT2D eigenvalue weighted by Crippen LogP contribution is 2.32. The van der Waals surface area contributed by atoms with Gasteiger partial charge in [-0.15, -0.1) is 10.2 Å². The van der Waals surface area contributed by atoms with Crippen LogP contribution in [0.3, 0.4) is 0 Å². The van der Waals surface area contributed by atoms with Crippen LogP contribution in [0.15, 0.2) is 56.2 Å². The first-order valence-electron chi connectivity index (χ1n) is 9.80. The van der Waals surface area contributed by atoms with Gasteiger partial charge in [-0.05, 0) is 31.9 Å². The maximum atomic E-state index is 12.3. The van der Waals surface area contributed by atoms with Gasteiger partial charge in [-0.2, -0.15) is 0 Å². The Hall–Kier alpha value is -3.18. The molecule has 1 aromatic carbocycles. The topological polar surface area (TPSA) is 121 Å². The number of nitrogens with zero attached hydrogens (tertiary/aromatic N) is 2. The van der Waals surface area contributed by atoms with Crippen LogP contribution in [0.5, 0.6) is 11.5 Å². The number of aromatic nitrogens is 2. The summed E-state index contributed by atoms with van der Waals surface area (Å²) in [7, 11) is 0. The van der Waals surface area contributed by atoms with Gasteiger partial charge in [0.1, 0.15) is 17.8 Å². The molecule has 1 aliphatic rings. The highest BCUT2D eigenvalue weighted by molar-refractivity contribution is 8.00. The molecule has 1 aliphatic carbocycles. The molecule has 0 aliphatic heterocycles. The lowest BCUT2D eigenvalue weighted by atomic mass is 10.3. The zero-order valence-electron chi connectivity index (χ0n) is 17.0. The van der Waals surface area contributed by atoms with E-state index in [1.807, 2.05) is 6.07 Å². The quantitative estimate of drug-likeness (QED) is 0.283. The van der Waals surface area contributed by atoms with Crippen LogP contribution in [0.25, 0.3) is 0 Å². The molecule has 1 unspecified atom stereocenters. The molecule has 2 aromatic heterocycles. The van der Waals surface area contributed by atoms with Crippen LogP contribution in [0.2, 0.25) is 0 Å². The molecule has 1 atom stereocenters. The molecule has 166 valence electrons. The molecule has 2 heterocycles. The summed E-state index contributed by atoms with van der Waals surface area (Å²) in [5.41, 5.74) is -0.484. The second-order valence-electron chi connectivity index (χ2n) is 6.99. The van der Waals surface area contributed by atoms with E-state index >= 15 is 0 Å². The molecular formula is C21H19N3O6S2. The highest BCUT2D eigenvalue weighted by atomic mass is 32.2. The molecule has 1 saturated carbocycles. The number of hydrogen-bond donors (Lipinski definition) is 1. The van der Waals surface area contributed by atoms with Crippen LogP contribution in [0, 0.1) is 5.92 Å². The fourth-order valence-electron chi connectivity index (χ4n) is 2.54. The Morgan fingerprint density at radius 2 is 2.06 bits per heavy atom. The molecule has 1 fully saturated rings. The summed E-state index contributed by atoms with van der Waals surface area (Å²) in [6, 6.07) is 10.1. The fourth-order valence-corrected chi connectivity index (χ4v) is 4.18. The van der Waals surface area contributed by atoms with E-state index in [1.165, 1.54) is 36.1 Å². The van der Waals surface area contributed by atoms with Crippen molar-refractivity contribution in [1.82, 2.24) is 10.2 Å². The lowest BCUT2D eigenvalue weighted by molar-refractivity contribution is -0.141. The zero-order valence-corrected chi connectivity index (χ0v) is 18.6. The van der Waals surface area contributed by atoms with E-state index in [9.17, 15) is 14.4 Å². The van der Waals surface area contributed by atoms with E-state index in [2.05, 4.69) is 15.5 Å². The van der Waals surface area contributed by atoms with Gasteiger partial charge in [0.05, 0.1) is 5.75 Å². The number of hydrogen-bond acceptors (Lipinski definition) is 10. The van der Waals surface area contributed by atoms with Crippen molar-refractivity contribution in [3.05, 3.63) is 58.6 Å². The van der Waals surface area contributed by atoms with Gasteiger partial charge in [0, 0.05) is 12.0 Å². The molecule has 0 saturated heterocycles. The number of para-hydroxylation sites is 1. The van der Waals surface area contributed by atoms with Gasteiger partial charge >= 0.3 is 5.97 Å². The van der Waals surface area contributed by atoms with E-state index in [-0.39, 0.29) is 17.6 Å². The predicted molar refractivity (Wildman–Crippen MR) is 118 cm³/mol. The third-order valence-corrected chi connectivity index (χ3v) is 6.37. The maximum absolute atomic E-state index is 12.3. The number of thioether (sulfide) groups is 1. The monoisotopic (exact) mass is 473 g/mol. The standard InChI is InChI=1S/C21H19N3O6S2/c1-12(29-14-5-3-2-4-6-14)19(27)30-17-10-28-15(9-16(17)25)11-31-21-24-23-20(32-21)22-18(26)13-7-8-13/h2-6,9-10,12-13H,7-8,11H2,1H3,(H,22,23,26). The van der Waals surface area contributed by atoms with Crippen LogP contribution >= 0.6 is 23.1 Å². The van der Waals surface area contributed by atoms with Crippen molar-refractivity contribution in [2.75, 3.05) is 5.32 Å². The van der Waals surface area contributed by atoms with E-state index < -0.39 is 17.5 Å². The molecule has 9 nitrogen and oxygen atoms in total. The maximum Gasteiger partial charge on any atom is 0.352 e. The Kier molecular flexibility index (Phi) is 6.86. The van der Waals surface area contributed by atoms with E-state index in [1.54, 1.807) is 24.3 Å². The highest BCUT2D eigenvalue weighted by Gasteiger charge is 2.30. The molecule has 11 heteroatoms. The minimum Gasteiger partial charge on any atom is -0.479 e. The van der Waals surface area contributed by atoms with Crippen molar-refractivity contribution in [2.45, 2.75) is 36.0 Å². The Bertz CT molecular complexity index is 1160. The van der Waals surface area contributed by atoms with Gasteiger partial charge in [-0.1, -0.05) is 41.3 Å². The lowest BCUT2D eigenvalue weighted by Gasteiger charge is -2.13. The summed E-state index contributed by atoms with van der Waals surface area (Å²) in [6.45, 7) is 1.53. The van der Waals surface area contributed by atoms with Gasteiger partial charge in [0.2, 0.25) is 22.2 Å². The smallest absolute Gasteiger partial charge is 0.352 e. The summed E-state index contributed by atoms with van der Waals surface area (Å²) in [4.78, 5) is 36.3. The lowest BCUT2D eigenvalue weighted by Crippen LogP contribution is -2.29. The number of benzene rings is 1. The predicted octanol–water partition coefficient (Wildman–Crippen LogP) is 3.51. The van der Waals surface area contributed by atoms with Crippen LogP contribution in [0.4, 0.5) is 5.13 Å². The summed E-state index contributed by atoms with van der Waals surface area (Å²) in [5, 5.41) is 11.1. The van der Waals surface area contributed by atoms with E-state index in [4.69, 9.17) is 13.9 Å². The molecule has 32 heavy (non-hydrogen) atoms. The van der Waals surface area contributed by atoms with E-state index in [0.29, 0.717) is 26.7 Å². The van der Waals surface area contributed by atoms with E-state index in [0.717, 1.165) is 19.1 Å². The third kappa shape index (κ3) is 5.95. The molecule has 4 rings (SSSR count). The van der Waals surface area contributed by atoms with Gasteiger partial charge < -0.3 is 19.2 Å². The Morgan fingerprint density at radius 1 is 1.28 bits per heavy atom. The molecule has 0 bridgehead atoms. The van der Waals surface area contributed by atoms with Crippen LogP contribution < -0.4 is 20.2 Å². The number of anilines is 1. The molecule has 3 aromatic rings. The van der Waals surface area contributed by atoms with Gasteiger partial charge in [-0.3, -0.25) is 9.59 Å². The summed E-state index contributed by atoms with van der Waals surface area (Å²) >= 11 is 2.56. The summed E-state index contributed by atoms with van der Waals surface area (Å²) in [6.07, 6.45) is 2.02. The SMILES string of the molecule is CC(Oc1ccccc1)C(=O)Oc1coc(CSc2nnc(NC(=O)C3CC3)s2)cc1=O. The van der Waals surface area contributed by atoms with Crippen LogP contribution in [-0.2, 0) is 15.3 Å². The second-order valence-corrected chi connectivity index (χ2v) is 9.19. The molecular weight excluding hydrogens is 454 g/mol. The van der Waals surface area contributed by atoms with Gasteiger partial charge in [-0.25, -0.2) is 4.79 Å². The first-order chi connectivity index (χ1) is 15.5. The molecule has 1 N–H and O–H groups in total.